The van der Waals surface area contributed by atoms with E-state index in [4.69, 9.17) is 9.47 Å². The Morgan fingerprint density at radius 2 is 1.54 bits per heavy atom. The van der Waals surface area contributed by atoms with Gasteiger partial charge in [-0.25, -0.2) is 0 Å². The van der Waals surface area contributed by atoms with Gasteiger partial charge in [-0.3, -0.25) is 0 Å². The van der Waals surface area contributed by atoms with Gasteiger partial charge < -0.3 is 19.8 Å². The number of anilines is 2. The van der Waals surface area contributed by atoms with Crippen LogP contribution in [0.4, 0.5) is 24.5 Å². The van der Waals surface area contributed by atoms with E-state index in [1.54, 1.807) is 42.5 Å². The van der Waals surface area contributed by atoms with E-state index in [0.29, 0.717) is 41.3 Å². The van der Waals surface area contributed by atoms with Gasteiger partial charge in [-0.2, -0.15) is 13.2 Å². The minimum absolute atomic E-state index is 0.0294. The van der Waals surface area contributed by atoms with Gasteiger partial charge in [-0.1, -0.05) is 0 Å². The van der Waals surface area contributed by atoms with Gasteiger partial charge in [0.25, 0.3) is 0 Å². The maximum atomic E-state index is 13.5. The van der Waals surface area contributed by atoms with Crippen LogP contribution in [0.5, 0.6) is 11.5 Å². The number of halogens is 3. The molecule has 138 valence electrons. The van der Waals surface area contributed by atoms with Gasteiger partial charge in [0.2, 0.25) is 0 Å². The standard InChI is InChI=1S/C19H19F3N2O2/c1-3-25-13-7-5-12(6-8-13)23-17-15-11-14(26-4-2)9-10-16(15)24-18(17)19(20,21)22/h5-11,23-24H,3-4H2,1-2H3. The molecule has 0 atom stereocenters. The van der Waals surface area contributed by atoms with Crippen LogP contribution in [0.1, 0.15) is 19.5 Å². The second-order valence-corrected chi connectivity index (χ2v) is 5.60. The molecule has 0 aliphatic rings. The van der Waals surface area contributed by atoms with Crippen LogP contribution in [-0.4, -0.2) is 18.2 Å². The molecule has 26 heavy (non-hydrogen) atoms. The van der Waals surface area contributed by atoms with Gasteiger partial charge in [0.1, 0.15) is 17.2 Å². The largest absolute Gasteiger partial charge is 0.494 e. The van der Waals surface area contributed by atoms with Crippen molar-refractivity contribution in [2.45, 2.75) is 20.0 Å². The maximum Gasteiger partial charge on any atom is 0.433 e. The molecular formula is C19H19F3N2O2. The highest BCUT2D eigenvalue weighted by molar-refractivity contribution is 5.97. The van der Waals surface area contributed by atoms with E-state index in [-0.39, 0.29) is 5.69 Å². The number of hydrogen-bond donors (Lipinski definition) is 2. The topological polar surface area (TPSA) is 46.3 Å². The van der Waals surface area contributed by atoms with Gasteiger partial charge in [-0.05, 0) is 56.3 Å². The summed E-state index contributed by atoms with van der Waals surface area (Å²) in [4.78, 5) is 2.46. The summed E-state index contributed by atoms with van der Waals surface area (Å²) in [5, 5.41) is 3.29. The smallest absolute Gasteiger partial charge is 0.433 e. The number of fused-ring (bicyclic) bond motifs is 1. The molecule has 3 aromatic rings. The average molecular weight is 364 g/mol. The third-order valence-corrected chi connectivity index (χ3v) is 3.80. The van der Waals surface area contributed by atoms with Crippen molar-refractivity contribution < 1.29 is 22.6 Å². The molecule has 0 fully saturated rings. The number of aromatic amines is 1. The number of nitrogens with one attached hydrogen (secondary N) is 2. The Morgan fingerprint density at radius 3 is 2.15 bits per heavy atom. The quantitative estimate of drug-likeness (QED) is 0.587. The van der Waals surface area contributed by atoms with E-state index in [9.17, 15) is 13.2 Å². The molecule has 0 amide bonds. The summed E-state index contributed by atoms with van der Waals surface area (Å²) < 4.78 is 51.2. The number of H-pyrrole nitrogens is 1. The number of alkyl halides is 3. The zero-order valence-electron chi connectivity index (χ0n) is 14.4. The van der Waals surface area contributed by atoms with E-state index in [1.807, 2.05) is 13.8 Å². The lowest BCUT2D eigenvalue weighted by Gasteiger charge is -2.12. The summed E-state index contributed by atoms with van der Waals surface area (Å²) in [5.41, 5.74) is 0.0594. The van der Waals surface area contributed by atoms with Crippen molar-refractivity contribution in [3.63, 3.8) is 0 Å². The Bertz CT molecular complexity index is 886. The predicted molar refractivity (Wildman–Crippen MR) is 95.4 cm³/mol. The van der Waals surface area contributed by atoms with Crippen LogP contribution in [0.25, 0.3) is 10.9 Å². The number of ether oxygens (including phenoxy) is 2. The Labute approximate surface area is 148 Å². The average Bonchev–Trinajstić information content (AvgIpc) is 2.96. The van der Waals surface area contributed by atoms with Crippen LogP contribution >= 0.6 is 0 Å². The molecule has 3 rings (SSSR count). The van der Waals surface area contributed by atoms with Crippen LogP contribution in [0.3, 0.4) is 0 Å². The Kier molecular flexibility index (Phi) is 4.97. The lowest BCUT2D eigenvalue weighted by Crippen LogP contribution is -2.08. The molecule has 0 unspecified atom stereocenters. The fraction of sp³-hybridized carbons (Fsp3) is 0.263. The minimum Gasteiger partial charge on any atom is -0.494 e. The highest BCUT2D eigenvalue weighted by Crippen LogP contribution is 2.41. The second kappa shape index (κ2) is 7.19. The van der Waals surface area contributed by atoms with Crippen molar-refractivity contribution in [1.29, 1.82) is 0 Å². The van der Waals surface area contributed by atoms with Crippen LogP contribution in [-0.2, 0) is 6.18 Å². The lowest BCUT2D eigenvalue weighted by molar-refractivity contribution is -0.140. The van der Waals surface area contributed by atoms with Crippen molar-refractivity contribution in [2.75, 3.05) is 18.5 Å². The van der Waals surface area contributed by atoms with E-state index in [1.165, 1.54) is 0 Å². The molecule has 4 nitrogen and oxygen atoms in total. The van der Waals surface area contributed by atoms with E-state index in [2.05, 4.69) is 10.3 Å². The first-order chi connectivity index (χ1) is 12.4. The molecule has 0 saturated carbocycles. The van der Waals surface area contributed by atoms with Crippen LogP contribution in [0.15, 0.2) is 42.5 Å². The van der Waals surface area contributed by atoms with E-state index >= 15 is 0 Å². The number of aromatic nitrogens is 1. The van der Waals surface area contributed by atoms with Gasteiger partial charge >= 0.3 is 6.18 Å². The van der Waals surface area contributed by atoms with Crippen molar-refractivity contribution in [3.05, 3.63) is 48.2 Å². The maximum absolute atomic E-state index is 13.5. The highest BCUT2D eigenvalue weighted by atomic mass is 19.4. The van der Waals surface area contributed by atoms with Gasteiger partial charge in [-0.15, -0.1) is 0 Å². The first kappa shape index (κ1) is 18.0. The van der Waals surface area contributed by atoms with Crippen molar-refractivity contribution in [3.8, 4) is 11.5 Å². The molecule has 0 bridgehead atoms. The molecule has 0 spiro atoms. The monoisotopic (exact) mass is 364 g/mol. The Balaban J connectivity index is 2.04. The normalized spacial score (nSPS) is 11.6. The molecule has 2 aromatic carbocycles. The third-order valence-electron chi connectivity index (χ3n) is 3.80. The van der Waals surface area contributed by atoms with E-state index < -0.39 is 11.9 Å². The van der Waals surface area contributed by atoms with Crippen molar-refractivity contribution in [2.24, 2.45) is 0 Å². The first-order valence-electron chi connectivity index (χ1n) is 8.28. The molecular weight excluding hydrogens is 345 g/mol. The van der Waals surface area contributed by atoms with Crippen molar-refractivity contribution >= 4 is 22.3 Å². The number of benzene rings is 2. The van der Waals surface area contributed by atoms with E-state index in [0.717, 1.165) is 0 Å². The molecule has 0 aliphatic heterocycles. The zero-order valence-corrected chi connectivity index (χ0v) is 14.4. The Morgan fingerprint density at radius 1 is 0.923 bits per heavy atom. The molecule has 2 N–H and O–H groups in total. The summed E-state index contributed by atoms with van der Waals surface area (Å²) in [7, 11) is 0. The third kappa shape index (κ3) is 3.71. The highest BCUT2D eigenvalue weighted by Gasteiger charge is 2.36. The molecule has 0 radical (unpaired) electrons. The molecule has 7 heteroatoms. The summed E-state index contributed by atoms with van der Waals surface area (Å²) in [6, 6.07) is 11.6. The summed E-state index contributed by atoms with van der Waals surface area (Å²) in [5.74, 6) is 1.18. The summed E-state index contributed by atoms with van der Waals surface area (Å²) in [6.07, 6.45) is -4.52. The van der Waals surface area contributed by atoms with Crippen LogP contribution in [0.2, 0.25) is 0 Å². The predicted octanol–water partition coefficient (Wildman–Crippen LogP) is 5.73. The van der Waals surface area contributed by atoms with Crippen LogP contribution < -0.4 is 14.8 Å². The zero-order chi connectivity index (χ0) is 18.7. The Hall–Kier alpha value is -2.83. The molecule has 0 saturated heterocycles. The molecule has 0 aliphatic carbocycles. The SMILES string of the molecule is CCOc1ccc(Nc2c(C(F)(F)F)[nH]c3ccc(OCC)cc23)cc1. The fourth-order valence-electron chi connectivity index (χ4n) is 2.72. The summed E-state index contributed by atoms with van der Waals surface area (Å²) in [6.45, 7) is 4.64. The van der Waals surface area contributed by atoms with Gasteiger partial charge in [0.15, 0.2) is 0 Å². The fourth-order valence-corrected chi connectivity index (χ4v) is 2.72. The number of rotatable bonds is 6. The minimum atomic E-state index is -4.52. The van der Waals surface area contributed by atoms with Crippen LogP contribution in [0, 0.1) is 0 Å². The van der Waals surface area contributed by atoms with Gasteiger partial charge in [0, 0.05) is 16.6 Å². The first-order valence-corrected chi connectivity index (χ1v) is 8.28. The lowest BCUT2D eigenvalue weighted by atomic mass is 10.2. The van der Waals surface area contributed by atoms with Gasteiger partial charge in [0.05, 0.1) is 18.9 Å². The molecule has 1 heterocycles. The number of hydrogen-bond acceptors (Lipinski definition) is 3. The second-order valence-electron chi connectivity index (χ2n) is 5.60. The summed E-state index contributed by atoms with van der Waals surface area (Å²) >= 11 is 0. The van der Waals surface area contributed by atoms with Crippen molar-refractivity contribution in [1.82, 2.24) is 4.98 Å². The molecule has 1 aromatic heterocycles.